The maximum absolute atomic E-state index is 13.4. The number of aromatic nitrogens is 4. The summed E-state index contributed by atoms with van der Waals surface area (Å²) < 4.78 is 27.7. The molecule has 1 N–H and O–H groups in total. The molecule has 0 radical (unpaired) electrons. The molecule has 1 fully saturated rings. The highest BCUT2D eigenvalue weighted by Gasteiger charge is 2.50. The Morgan fingerprint density at radius 2 is 2.10 bits per heavy atom. The minimum absolute atomic E-state index is 0.00335. The lowest BCUT2D eigenvalue weighted by molar-refractivity contribution is 0.0865. The highest BCUT2D eigenvalue weighted by molar-refractivity contribution is 7.89. The Hall–Kier alpha value is -3.03. The molecule has 148 valence electrons. The molecule has 4 heterocycles. The average molecular weight is 410 g/mol. The van der Waals surface area contributed by atoms with Gasteiger partial charge in [0.2, 0.25) is 15.5 Å². The second kappa shape index (κ2) is 5.75. The van der Waals surface area contributed by atoms with E-state index in [4.69, 9.17) is 0 Å². The normalized spacial score (nSPS) is 17.1. The summed E-state index contributed by atoms with van der Waals surface area (Å²) in [4.78, 5) is 25.4. The van der Waals surface area contributed by atoms with Gasteiger partial charge in [0.15, 0.2) is 0 Å². The van der Waals surface area contributed by atoms with Gasteiger partial charge in [0.05, 0.1) is 29.2 Å². The van der Waals surface area contributed by atoms with Crippen molar-refractivity contribution in [3.63, 3.8) is 0 Å². The van der Waals surface area contributed by atoms with Gasteiger partial charge in [-0.1, -0.05) is 0 Å². The number of hydrogen-bond donors (Lipinski definition) is 1. The smallest absolute Gasteiger partial charge is 0.214 e. The van der Waals surface area contributed by atoms with Crippen molar-refractivity contribution < 1.29 is 8.42 Å². The number of pyridine rings is 1. The summed E-state index contributed by atoms with van der Waals surface area (Å²) in [5, 5.41) is 11.5. The Morgan fingerprint density at radius 1 is 1.34 bits per heavy atom. The van der Waals surface area contributed by atoms with Crippen LogP contribution in [0.2, 0.25) is 0 Å². The Bertz CT molecular complexity index is 1490. The van der Waals surface area contributed by atoms with Crippen molar-refractivity contribution in [2.75, 3.05) is 18.8 Å². The van der Waals surface area contributed by atoms with Crippen molar-refractivity contribution in [2.45, 2.75) is 25.8 Å². The predicted molar refractivity (Wildman–Crippen MR) is 108 cm³/mol. The summed E-state index contributed by atoms with van der Waals surface area (Å²) in [7, 11) is -3.37. The molecule has 29 heavy (non-hydrogen) atoms. The second-order valence-electron chi connectivity index (χ2n) is 7.54. The van der Waals surface area contributed by atoms with Crippen molar-refractivity contribution in [2.24, 2.45) is 0 Å². The zero-order valence-electron chi connectivity index (χ0n) is 15.9. The molecule has 5 rings (SSSR count). The maximum atomic E-state index is 13.4. The van der Waals surface area contributed by atoms with Crippen molar-refractivity contribution >= 4 is 42.9 Å². The molecule has 9 nitrogen and oxygen atoms in total. The first-order valence-corrected chi connectivity index (χ1v) is 10.9. The lowest BCUT2D eigenvalue weighted by Crippen LogP contribution is -2.64. The third-order valence-corrected chi connectivity index (χ3v) is 7.68. The number of rotatable bonds is 4. The van der Waals surface area contributed by atoms with Crippen LogP contribution in [0.4, 0.5) is 0 Å². The molecular formula is C19H18N6O3S. The summed E-state index contributed by atoms with van der Waals surface area (Å²) in [6.07, 6.45) is 3.39. The van der Waals surface area contributed by atoms with Crippen LogP contribution in [0.3, 0.4) is 0 Å². The van der Waals surface area contributed by atoms with Gasteiger partial charge in [-0.05, 0) is 19.9 Å². The summed E-state index contributed by atoms with van der Waals surface area (Å²) >= 11 is 0. The standard InChI is InChI=1S/C19H18N6O3S/c1-3-29(27,28)24-9-19(10-24,5-6-20)25-11(2)23-15-12-4-7-21-18-14(12)13(8-22-18)17(26)16(15)25/h4,7-8H,3,5,9-10H2,1-2H3,(H,21,22). The van der Waals surface area contributed by atoms with Crippen molar-refractivity contribution in [3.05, 3.63) is 34.5 Å². The van der Waals surface area contributed by atoms with Crippen LogP contribution in [0.1, 0.15) is 19.2 Å². The van der Waals surface area contributed by atoms with Crippen LogP contribution in [0.15, 0.2) is 23.3 Å². The lowest BCUT2D eigenvalue weighted by Gasteiger charge is -2.49. The third kappa shape index (κ3) is 2.22. The van der Waals surface area contributed by atoms with Gasteiger partial charge in [0.1, 0.15) is 22.5 Å². The molecule has 1 aromatic carbocycles. The zero-order valence-corrected chi connectivity index (χ0v) is 16.7. The van der Waals surface area contributed by atoms with Gasteiger partial charge in [0.25, 0.3) is 0 Å². The molecule has 4 aromatic rings. The fourth-order valence-corrected chi connectivity index (χ4v) is 5.77. The van der Waals surface area contributed by atoms with Crippen LogP contribution in [-0.4, -0.2) is 51.1 Å². The minimum atomic E-state index is -3.37. The van der Waals surface area contributed by atoms with Crippen LogP contribution >= 0.6 is 0 Å². The van der Waals surface area contributed by atoms with Crippen LogP contribution in [0.25, 0.3) is 32.8 Å². The third-order valence-electron chi connectivity index (χ3n) is 5.91. The fraction of sp³-hybridized carbons (Fsp3) is 0.368. The van der Waals surface area contributed by atoms with E-state index in [1.165, 1.54) is 4.31 Å². The largest absolute Gasteiger partial charge is 0.346 e. The summed E-state index contributed by atoms with van der Waals surface area (Å²) in [5.41, 5.74) is 0.568. The maximum Gasteiger partial charge on any atom is 0.214 e. The van der Waals surface area contributed by atoms with Gasteiger partial charge in [-0.3, -0.25) is 4.79 Å². The van der Waals surface area contributed by atoms with Gasteiger partial charge in [-0.25, -0.2) is 18.4 Å². The number of benzene rings is 1. The van der Waals surface area contributed by atoms with Crippen molar-refractivity contribution in [1.82, 2.24) is 23.8 Å². The first-order chi connectivity index (χ1) is 13.8. The first kappa shape index (κ1) is 18.0. The Balaban J connectivity index is 1.81. The molecule has 0 bridgehead atoms. The molecule has 1 aliphatic rings. The summed E-state index contributed by atoms with van der Waals surface area (Å²) in [6.45, 7) is 3.68. The van der Waals surface area contributed by atoms with Crippen molar-refractivity contribution in [3.8, 4) is 6.07 Å². The molecule has 10 heteroatoms. The number of aromatic amines is 1. The number of imidazole rings is 1. The topological polar surface area (TPSA) is 125 Å². The number of hydrogen-bond acceptors (Lipinski definition) is 6. The van der Waals surface area contributed by atoms with E-state index in [1.54, 1.807) is 30.8 Å². The fourth-order valence-electron chi connectivity index (χ4n) is 4.53. The predicted octanol–water partition coefficient (Wildman–Crippen LogP) is 1.45. The van der Waals surface area contributed by atoms with E-state index in [-0.39, 0.29) is 30.7 Å². The van der Waals surface area contributed by atoms with E-state index < -0.39 is 15.6 Å². The highest BCUT2D eigenvalue weighted by Crippen LogP contribution is 2.39. The molecule has 1 saturated heterocycles. The Kier molecular flexibility index (Phi) is 3.57. The Labute approximate surface area is 166 Å². The molecule has 0 aliphatic carbocycles. The number of nitrogens with one attached hydrogen (secondary N) is 1. The average Bonchev–Trinajstić information content (AvgIpc) is 3.25. The summed E-state index contributed by atoms with van der Waals surface area (Å²) in [5.74, 6) is 0.586. The minimum Gasteiger partial charge on any atom is -0.346 e. The second-order valence-corrected chi connectivity index (χ2v) is 9.79. The number of nitriles is 1. The number of aryl methyl sites for hydroxylation is 1. The Morgan fingerprint density at radius 3 is 2.79 bits per heavy atom. The number of sulfonamides is 1. The SMILES string of the molecule is CCS(=O)(=O)N1CC(CC#N)(n2c(C)nc3c4cc[nH]c5ncc(c(=O)c32)c54)C1. The van der Waals surface area contributed by atoms with Gasteiger partial charge >= 0.3 is 0 Å². The van der Waals surface area contributed by atoms with E-state index in [0.717, 1.165) is 10.8 Å². The molecular weight excluding hydrogens is 392 g/mol. The van der Waals surface area contributed by atoms with Crippen molar-refractivity contribution in [1.29, 1.82) is 5.26 Å². The van der Waals surface area contributed by atoms with Crippen LogP contribution in [-0.2, 0) is 15.6 Å². The van der Waals surface area contributed by atoms with Gasteiger partial charge in [-0.15, -0.1) is 0 Å². The molecule has 1 aliphatic heterocycles. The highest BCUT2D eigenvalue weighted by atomic mass is 32.2. The van der Waals surface area contributed by atoms with E-state index in [0.29, 0.717) is 27.9 Å². The molecule has 3 aromatic heterocycles. The van der Waals surface area contributed by atoms with E-state index in [9.17, 15) is 18.5 Å². The molecule has 0 saturated carbocycles. The van der Waals surface area contributed by atoms with Gasteiger partial charge in [0, 0.05) is 36.3 Å². The van der Waals surface area contributed by atoms with E-state index >= 15 is 0 Å². The monoisotopic (exact) mass is 410 g/mol. The van der Waals surface area contributed by atoms with Gasteiger partial charge < -0.3 is 9.55 Å². The molecule has 0 unspecified atom stereocenters. The quantitative estimate of drug-likeness (QED) is 0.543. The van der Waals surface area contributed by atoms with Crippen LogP contribution < -0.4 is 5.43 Å². The van der Waals surface area contributed by atoms with E-state index in [2.05, 4.69) is 21.0 Å². The zero-order chi connectivity index (χ0) is 20.6. The lowest BCUT2D eigenvalue weighted by atomic mass is 9.88. The van der Waals surface area contributed by atoms with E-state index in [1.807, 2.05) is 6.07 Å². The van der Waals surface area contributed by atoms with Crippen LogP contribution in [0.5, 0.6) is 0 Å². The number of fused-ring (bicyclic) bond motifs is 2. The number of nitrogens with zero attached hydrogens (tertiary/aromatic N) is 5. The van der Waals surface area contributed by atoms with Crippen LogP contribution in [0, 0.1) is 18.3 Å². The molecule has 0 spiro atoms. The first-order valence-electron chi connectivity index (χ1n) is 9.29. The summed E-state index contributed by atoms with van der Waals surface area (Å²) in [6, 6.07) is 4.03. The number of H-pyrrole nitrogens is 1. The molecule has 0 amide bonds. The van der Waals surface area contributed by atoms with Gasteiger partial charge in [-0.2, -0.15) is 9.57 Å². The molecule has 0 atom stereocenters.